The fraction of sp³-hybridized carbons (Fsp3) is 0. The van der Waals surface area contributed by atoms with Gasteiger partial charge in [-0.1, -0.05) is 60.7 Å². The number of hydrogen-bond acceptors (Lipinski definition) is 0. The first-order valence-electron chi connectivity index (χ1n) is 8.67. The highest BCUT2D eigenvalue weighted by Crippen LogP contribution is 2.26. The number of aromatic amines is 1. The Hall–Kier alpha value is -3.46. The lowest BCUT2D eigenvalue weighted by atomic mass is 10.1. The molecule has 3 heteroatoms. The Morgan fingerprint density at radius 2 is 1.41 bits per heavy atom. The summed E-state index contributed by atoms with van der Waals surface area (Å²) >= 11 is 0. The van der Waals surface area contributed by atoms with Crippen LogP contribution in [-0.4, -0.2) is 4.98 Å². The van der Waals surface area contributed by atoms with Gasteiger partial charge in [0.2, 0.25) is 0 Å². The van der Waals surface area contributed by atoms with Crippen molar-refractivity contribution in [2.45, 2.75) is 0 Å². The standard InChI is InChI=1S/C24H17F2N/c25-19-12-8-17(9-13-19)11-15-24-22(21-6-1-2-7-23(21)27-24)14-10-18-4-3-5-20(26)16-18/h1-16,27H/b14-10+,15-11+. The van der Waals surface area contributed by atoms with Crippen LogP contribution >= 0.6 is 0 Å². The lowest BCUT2D eigenvalue weighted by molar-refractivity contribution is 0.627. The largest absolute Gasteiger partial charge is 0.355 e. The number of rotatable bonds is 4. The summed E-state index contributed by atoms with van der Waals surface area (Å²) in [6.07, 6.45) is 7.79. The summed E-state index contributed by atoms with van der Waals surface area (Å²) in [6, 6.07) is 20.9. The lowest BCUT2D eigenvalue weighted by Crippen LogP contribution is -1.79. The Kier molecular flexibility index (Phi) is 4.67. The van der Waals surface area contributed by atoms with Crippen LogP contribution in [-0.2, 0) is 0 Å². The Morgan fingerprint density at radius 3 is 2.22 bits per heavy atom. The van der Waals surface area contributed by atoms with Crippen LogP contribution < -0.4 is 0 Å². The molecule has 0 bridgehead atoms. The molecule has 0 saturated carbocycles. The Labute approximate surface area is 156 Å². The van der Waals surface area contributed by atoms with Crippen molar-refractivity contribution in [2.75, 3.05) is 0 Å². The molecule has 1 nitrogen and oxygen atoms in total. The normalized spacial score (nSPS) is 11.8. The average Bonchev–Trinajstić information content (AvgIpc) is 3.03. The fourth-order valence-corrected chi connectivity index (χ4v) is 3.04. The highest BCUT2D eigenvalue weighted by Gasteiger charge is 2.06. The average molecular weight is 357 g/mol. The highest BCUT2D eigenvalue weighted by atomic mass is 19.1. The molecule has 132 valence electrons. The van der Waals surface area contributed by atoms with E-state index in [4.69, 9.17) is 0 Å². The molecule has 1 aromatic heterocycles. The topological polar surface area (TPSA) is 15.8 Å². The minimum Gasteiger partial charge on any atom is -0.355 e. The summed E-state index contributed by atoms with van der Waals surface area (Å²) in [5.74, 6) is -0.510. The highest BCUT2D eigenvalue weighted by molar-refractivity contribution is 5.96. The van der Waals surface area contributed by atoms with Gasteiger partial charge in [0.05, 0.1) is 0 Å². The van der Waals surface area contributed by atoms with Gasteiger partial charge in [-0.3, -0.25) is 0 Å². The minimum absolute atomic E-state index is 0.253. The van der Waals surface area contributed by atoms with Crippen molar-refractivity contribution in [3.8, 4) is 0 Å². The molecule has 27 heavy (non-hydrogen) atoms. The number of hydrogen-bond donors (Lipinski definition) is 1. The van der Waals surface area contributed by atoms with Crippen molar-refractivity contribution in [3.63, 3.8) is 0 Å². The van der Waals surface area contributed by atoms with Gasteiger partial charge in [-0.05, 0) is 47.5 Å². The maximum atomic E-state index is 13.4. The molecule has 0 fully saturated rings. The molecule has 0 spiro atoms. The molecule has 1 heterocycles. The molecule has 0 atom stereocenters. The zero-order valence-electron chi connectivity index (χ0n) is 14.5. The van der Waals surface area contributed by atoms with Crippen LogP contribution in [0.3, 0.4) is 0 Å². The van der Waals surface area contributed by atoms with E-state index in [1.54, 1.807) is 18.2 Å². The third-order valence-corrected chi connectivity index (χ3v) is 4.38. The summed E-state index contributed by atoms with van der Waals surface area (Å²) in [5, 5.41) is 1.09. The van der Waals surface area contributed by atoms with Crippen LogP contribution in [0.2, 0.25) is 0 Å². The summed E-state index contributed by atoms with van der Waals surface area (Å²) in [6.45, 7) is 0. The Bertz CT molecular complexity index is 1130. The van der Waals surface area contributed by atoms with Crippen molar-refractivity contribution in [3.05, 3.63) is 107 Å². The smallest absolute Gasteiger partial charge is 0.123 e. The number of nitrogens with one attached hydrogen (secondary N) is 1. The van der Waals surface area contributed by atoms with E-state index in [1.165, 1.54) is 24.3 Å². The van der Waals surface area contributed by atoms with Gasteiger partial charge in [0.1, 0.15) is 11.6 Å². The zero-order valence-corrected chi connectivity index (χ0v) is 14.5. The van der Waals surface area contributed by atoms with E-state index >= 15 is 0 Å². The second kappa shape index (κ2) is 7.42. The van der Waals surface area contributed by atoms with E-state index in [2.05, 4.69) is 4.98 Å². The van der Waals surface area contributed by atoms with Crippen LogP contribution in [0.4, 0.5) is 8.78 Å². The molecule has 3 aromatic carbocycles. The van der Waals surface area contributed by atoms with Crippen molar-refractivity contribution in [2.24, 2.45) is 0 Å². The van der Waals surface area contributed by atoms with E-state index in [9.17, 15) is 8.78 Å². The molecule has 0 amide bonds. The number of para-hydroxylation sites is 1. The van der Waals surface area contributed by atoms with E-state index in [1.807, 2.05) is 54.6 Å². The van der Waals surface area contributed by atoms with Gasteiger partial charge in [-0.2, -0.15) is 0 Å². The van der Waals surface area contributed by atoms with Crippen LogP contribution in [0.1, 0.15) is 22.4 Å². The molecule has 0 saturated heterocycles. The first-order chi connectivity index (χ1) is 13.2. The van der Waals surface area contributed by atoms with Gasteiger partial charge < -0.3 is 4.98 Å². The predicted octanol–water partition coefficient (Wildman–Crippen LogP) is 6.79. The maximum absolute atomic E-state index is 13.4. The monoisotopic (exact) mass is 357 g/mol. The van der Waals surface area contributed by atoms with Gasteiger partial charge in [0, 0.05) is 22.2 Å². The van der Waals surface area contributed by atoms with E-state index < -0.39 is 0 Å². The minimum atomic E-state index is -0.257. The van der Waals surface area contributed by atoms with Gasteiger partial charge in [-0.15, -0.1) is 0 Å². The molecule has 0 aliphatic heterocycles. The summed E-state index contributed by atoms with van der Waals surface area (Å²) in [4.78, 5) is 3.41. The molecule has 0 aliphatic carbocycles. The third kappa shape index (κ3) is 3.87. The van der Waals surface area contributed by atoms with Gasteiger partial charge in [-0.25, -0.2) is 8.78 Å². The molecular formula is C24H17F2N. The van der Waals surface area contributed by atoms with Crippen molar-refractivity contribution >= 4 is 35.2 Å². The van der Waals surface area contributed by atoms with Crippen molar-refractivity contribution < 1.29 is 8.78 Å². The number of benzene rings is 3. The Morgan fingerprint density at radius 1 is 0.630 bits per heavy atom. The molecule has 0 aliphatic rings. The van der Waals surface area contributed by atoms with E-state index in [0.717, 1.165) is 33.3 Å². The molecule has 4 rings (SSSR count). The summed E-state index contributed by atoms with van der Waals surface area (Å²) < 4.78 is 26.5. The summed E-state index contributed by atoms with van der Waals surface area (Å²) in [7, 11) is 0. The number of aromatic nitrogens is 1. The maximum Gasteiger partial charge on any atom is 0.123 e. The number of halogens is 2. The van der Waals surface area contributed by atoms with E-state index in [0.29, 0.717) is 0 Å². The van der Waals surface area contributed by atoms with Crippen molar-refractivity contribution in [1.82, 2.24) is 4.98 Å². The molecule has 4 aromatic rings. The summed E-state index contributed by atoms with van der Waals surface area (Å²) in [5.41, 5.74) is 4.69. The lowest BCUT2D eigenvalue weighted by Gasteiger charge is -1.97. The van der Waals surface area contributed by atoms with Gasteiger partial charge in [0.25, 0.3) is 0 Å². The molecular weight excluding hydrogens is 340 g/mol. The first kappa shape index (κ1) is 17.0. The van der Waals surface area contributed by atoms with Gasteiger partial charge in [0.15, 0.2) is 0 Å². The SMILES string of the molecule is Fc1ccc(/C=C/c2[nH]c3ccccc3c2/C=C/c2cccc(F)c2)cc1. The third-order valence-electron chi connectivity index (χ3n) is 4.38. The fourth-order valence-electron chi connectivity index (χ4n) is 3.04. The van der Waals surface area contributed by atoms with Gasteiger partial charge >= 0.3 is 0 Å². The second-order valence-electron chi connectivity index (χ2n) is 6.27. The van der Waals surface area contributed by atoms with Crippen LogP contribution in [0, 0.1) is 11.6 Å². The van der Waals surface area contributed by atoms with E-state index in [-0.39, 0.29) is 11.6 Å². The number of H-pyrrole nitrogens is 1. The number of fused-ring (bicyclic) bond motifs is 1. The molecule has 1 N–H and O–H groups in total. The van der Waals surface area contributed by atoms with Crippen molar-refractivity contribution in [1.29, 1.82) is 0 Å². The predicted molar refractivity (Wildman–Crippen MR) is 109 cm³/mol. The quantitative estimate of drug-likeness (QED) is 0.414. The van der Waals surface area contributed by atoms with Crippen LogP contribution in [0.5, 0.6) is 0 Å². The van der Waals surface area contributed by atoms with Crippen LogP contribution in [0.15, 0.2) is 72.8 Å². The van der Waals surface area contributed by atoms with Crippen LogP contribution in [0.25, 0.3) is 35.2 Å². The zero-order chi connectivity index (χ0) is 18.6. The Balaban J connectivity index is 1.74. The first-order valence-corrected chi connectivity index (χ1v) is 8.67. The second-order valence-corrected chi connectivity index (χ2v) is 6.27. The molecule has 0 radical (unpaired) electrons. The molecule has 0 unspecified atom stereocenters.